The quantitative estimate of drug-likeness (QED) is 0.863. The molecular formula is C17H20ClNO2. The molecule has 4 heteroatoms. The highest BCUT2D eigenvalue weighted by molar-refractivity contribution is 6.31. The van der Waals surface area contributed by atoms with E-state index in [1.165, 1.54) is 5.56 Å². The van der Waals surface area contributed by atoms with E-state index in [9.17, 15) is 0 Å². The van der Waals surface area contributed by atoms with Crippen LogP contribution in [0.5, 0.6) is 11.5 Å². The normalized spacial score (nSPS) is 12.2. The van der Waals surface area contributed by atoms with E-state index in [1.54, 1.807) is 13.2 Å². The van der Waals surface area contributed by atoms with Crippen molar-refractivity contribution in [3.05, 3.63) is 58.6 Å². The first-order valence-electron chi connectivity index (χ1n) is 6.91. The highest BCUT2D eigenvalue weighted by atomic mass is 35.5. The monoisotopic (exact) mass is 305 g/mol. The van der Waals surface area contributed by atoms with Gasteiger partial charge in [0, 0.05) is 18.2 Å². The highest BCUT2D eigenvalue weighted by Crippen LogP contribution is 2.29. The molecule has 2 N–H and O–H groups in total. The summed E-state index contributed by atoms with van der Waals surface area (Å²) in [5.41, 5.74) is 7.97. The zero-order valence-corrected chi connectivity index (χ0v) is 13.1. The molecule has 0 aliphatic heterocycles. The molecule has 0 heterocycles. The second kappa shape index (κ2) is 7.46. The molecule has 112 valence electrons. The summed E-state index contributed by atoms with van der Waals surface area (Å²) < 4.78 is 10.9. The first kappa shape index (κ1) is 15.8. The fourth-order valence-corrected chi connectivity index (χ4v) is 2.36. The SMILES string of the molecule is COCCc1ccc(Oc2ccc(C(C)N)c(Cl)c2)cc1. The minimum Gasteiger partial charge on any atom is -0.457 e. The molecule has 1 unspecified atom stereocenters. The van der Waals surface area contributed by atoms with Gasteiger partial charge in [-0.1, -0.05) is 29.8 Å². The van der Waals surface area contributed by atoms with E-state index in [4.69, 9.17) is 26.8 Å². The van der Waals surface area contributed by atoms with Crippen LogP contribution < -0.4 is 10.5 Å². The van der Waals surface area contributed by atoms with E-state index in [-0.39, 0.29) is 6.04 Å². The van der Waals surface area contributed by atoms with Crippen molar-refractivity contribution in [1.82, 2.24) is 0 Å². The lowest BCUT2D eigenvalue weighted by Gasteiger charge is -2.11. The fourth-order valence-electron chi connectivity index (χ4n) is 2.02. The van der Waals surface area contributed by atoms with Crippen LogP contribution in [-0.4, -0.2) is 13.7 Å². The maximum absolute atomic E-state index is 6.20. The van der Waals surface area contributed by atoms with Crippen LogP contribution in [0.3, 0.4) is 0 Å². The Labute approximate surface area is 130 Å². The third-order valence-corrected chi connectivity index (χ3v) is 3.54. The Kier molecular flexibility index (Phi) is 5.62. The number of hydrogen-bond donors (Lipinski definition) is 1. The van der Waals surface area contributed by atoms with Crippen molar-refractivity contribution in [1.29, 1.82) is 0 Å². The van der Waals surface area contributed by atoms with Gasteiger partial charge < -0.3 is 15.2 Å². The van der Waals surface area contributed by atoms with E-state index in [1.807, 2.05) is 43.3 Å². The summed E-state index contributed by atoms with van der Waals surface area (Å²) in [6, 6.07) is 13.4. The Morgan fingerprint density at radius 3 is 2.33 bits per heavy atom. The maximum atomic E-state index is 6.20. The number of halogens is 1. The minimum atomic E-state index is -0.0911. The van der Waals surface area contributed by atoms with Crippen LogP contribution in [0.2, 0.25) is 5.02 Å². The Balaban J connectivity index is 2.06. The van der Waals surface area contributed by atoms with Gasteiger partial charge in [0.05, 0.1) is 6.61 Å². The molecule has 2 aromatic rings. The molecule has 21 heavy (non-hydrogen) atoms. The largest absolute Gasteiger partial charge is 0.457 e. The fraction of sp³-hybridized carbons (Fsp3) is 0.294. The lowest BCUT2D eigenvalue weighted by molar-refractivity contribution is 0.202. The van der Waals surface area contributed by atoms with Gasteiger partial charge in [0.15, 0.2) is 0 Å². The molecule has 0 saturated heterocycles. The molecule has 0 saturated carbocycles. The van der Waals surface area contributed by atoms with Crippen LogP contribution in [0.1, 0.15) is 24.1 Å². The van der Waals surface area contributed by atoms with Gasteiger partial charge in [-0.25, -0.2) is 0 Å². The number of ether oxygens (including phenoxy) is 2. The van der Waals surface area contributed by atoms with Crippen molar-refractivity contribution >= 4 is 11.6 Å². The summed E-state index contributed by atoms with van der Waals surface area (Å²) >= 11 is 6.20. The molecule has 2 rings (SSSR count). The zero-order chi connectivity index (χ0) is 15.2. The molecule has 1 atom stereocenters. The summed E-state index contributed by atoms with van der Waals surface area (Å²) in [4.78, 5) is 0. The molecule has 0 aliphatic rings. The molecule has 3 nitrogen and oxygen atoms in total. The molecule has 0 amide bonds. The summed E-state index contributed by atoms with van der Waals surface area (Å²) in [7, 11) is 1.70. The summed E-state index contributed by atoms with van der Waals surface area (Å²) in [6.07, 6.45) is 0.895. The molecular weight excluding hydrogens is 286 g/mol. The van der Waals surface area contributed by atoms with Crippen LogP contribution in [0, 0.1) is 0 Å². The van der Waals surface area contributed by atoms with E-state index in [2.05, 4.69) is 0 Å². The third-order valence-electron chi connectivity index (χ3n) is 3.22. The van der Waals surface area contributed by atoms with Gasteiger partial charge in [-0.2, -0.15) is 0 Å². The van der Waals surface area contributed by atoms with Crippen LogP contribution in [0.15, 0.2) is 42.5 Å². The molecule has 0 spiro atoms. The molecule has 0 fully saturated rings. The summed E-state index contributed by atoms with van der Waals surface area (Å²) in [5, 5.41) is 0.624. The Bertz CT molecular complexity index is 582. The number of rotatable bonds is 6. The van der Waals surface area contributed by atoms with Crippen LogP contribution in [0.25, 0.3) is 0 Å². The van der Waals surface area contributed by atoms with Crippen molar-refractivity contribution in [2.45, 2.75) is 19.4 Å². The second-order valence-electron chi connectivity index (χ2n) is 4.96. The van der Waals surface area contributed by atoms with Crippen LogP contribution >= 0.6 is 11.6 Å². The predicted octanol–water partition coefficient (Wildman–Crippen LogP) is 4.34. The van der Waals surface area contributed by atoms with Crippen LogP contribution in [0.4, 0.5) is 0 Å². The van der Waals surface area contributed by atoms with Crippen molar-refractivity contribution in [2.24, 2.45) is 5.73 Å². The number of hydrogen-bond acceptors (Lipinski definition) is 3. The lowest BCUT2D eigenvalue weighted by Crippen LogP contribution is -2.05. The average molecular weight is 306 g/mol. The number of nitrogens with two attached hydrogens (primary N) is 1. The molecule has 0 aromatic heterocycles. The first-order chi connectivity index (χ1) is 10.1. The van der Waals surface area contributed by atoms with Gasteiger partial charge in [0.1, 0.15) is 11.5 Å². The van der Waals surface area contributed by atoms with Gasteiger partial charge in [-0.15, -0.1) is 0 Å². The van der Waals surface area contributed by atoms with Crippen molar-refractivity contribution < 1.29 is 9.47 Å². The first-order valence-corrected chi connectivity index (χ1v) is 7.28. The van der Waals surface area contributed by atoms with E-state index in [0.717, 1.165) is 17.7 Å². The Morgan fingerprint density at radius 1 is 1.10 bits per heavy atom. The summed E-state index contributed by atoms with van der Waals surface area (Å²) in [5.74, 6) is 1.48. The van der Waals surface area contributed by atoms with Gasteiger partial charge in [0.2, 0.25) is 0 Å². The van der Waals surface area contributed by atoms with E-state index >= 15 is 0 Å². The number of benzene rings is 2. The van der Waals surface area contributed by atoms with Crippen molar-refractivity contribution in [2.75, 3.05) is 13.7 Å². The number of methoxy groups -OCH3 is 1. The molecule has 0 bridgehead atoms. The van der Waals surface area contributed by atoms with Gasteiger partial charge >= 0.3 is 0 Å². The smallest absolute Gasteiger partial charge is 0.128 e. The maximum Gasteiger partial charge on any atom is 0.128 e. The van der Waals surface area contributed by atoms with Gasteiger partial charge in [-0.3, -0.25) is 0 Å². The zero-order valence-electron chi connectivity index (χ0n) is 12.3. The van der Waals surface area contributed by atoms with E-state index < -0.39 is 0 Å². The Morgan fingerprint density at radius 2 is 1.76 bits per heavy atom. The second-order valence-corrected chi connectivity index (χ2v) is 5.37. The van der Waals surface area contributed by atoms with Gasteiger partial charge in [-0.05, 0) is 48.7 Å². The lowest BCUT2D eigenvalue weighted by atomic mass is 10.1. The predicted molar refractivity (Wildman–Crippen MR) is 86.2 cm³/mol. The van der Waals surface area contributed by atoms with E-state index in [0.29, 0.717) is 17.4 Å². The minimum absolute atomic E-state index is 0.0911. The van der Waals surface area contributed by atoms with Crippen molar-refractivity contribution in [3.8, 4) is 11.5 Å². The topological polar surface area (TPSA) is 44.5 Å². The molecule has 0 aliphatic carbocycles. The molecule has 0 radical (unpaired) electrons. The average Bonchev–Trinajstić information content (AvgIpc) is 2.46. The third kappa shape index (κ3) is 4.46. The standard InChI is InChI=1S/C17H20ClNO2/c1-12(19)16-8-7-15(11-17(16)18)21-14-5-3-13(4-6-14)9-10-20-2/h3-8,11-12H,9-10,19H2,1-2H3. The summed E-state index contributed by atoms with van der Waals surface area (Å²) in [6.45, 7) is 2.62. The Hall–Kier alpha value is -1.55. The van der Waals surface area contributed by atoms with Crippen molar-refractivity contribution in [3.63, 3.8) is 0 Å². The highest BCUT2D eigenvalue weighted by Gasteiger charge is 2.07. The van der Waals surface area contributed by atoms with Crippen LogP contribution in [-0.2, 0) is 11.2 Å². The van der Waals surface area contributed by atoms with Gasteiger partial charge in [0.25, 0.3) is 0 Å². The molecule has 2 aromatic carbocycles.